The van der Waals surface area contributed by atoms with E-state index in [1.54, 1.807) is 0 Å². The van der Waals surface area contributed by atoms with Gasteiger partial charge in [-0.25, -0.2) is 8.78 Å². The molecule has 0 saturated heterocycles. The number of benzene rings is 1. The average Bonchev–Trinajstić information content (AvgIpc) is 1.98. The fraction of sp³-hybridized carbons (Fsp3) is 0.333. The Hall–Kier alpha value is -0.480. The van der Waals surface area contributed by atoms with E-state index in [-0.39, 0.29) is 4.47 Å². The number of aliphatic hydroxyl groups is 1. The molecule has 0 bridgehead atoms. The molecule has 0 heterocycles. The molecule has 13 heavy (non-hydrogen) atoms. The highest BCUT2D eigenvalue weighted by Gasteiger charge is 2.22. The second-order valence-corrected chi connectivity index (χ2v) is 4.07. The Morgan fingerprint density at radius 3 is 2.31 bits per heavy atom. The van der Waals surface area contributed by atoms with E-state index in [2.05, 4.69) is 15.9 Å². The van der Waals surface area contributed by atoms with E-state index in [9.17, 15) is 13.9 Å². The van der Waals surface area contributed by atoms with Gasteiger partial charge >= 0.3 is 0 Å². The molecule has 72 valence electrons. The van der Waals surface area contributed by atoms with E-state index in [0.29, 0.717) is 5.56 Å². The normalized spacial score (nSPS) is 11.8. The number of halogens is 3. The minimum atomic E-state index is -1.19. The molecule has 0 amide bonds. The molecular weight excluding hydrogens is 242 g/mol. The summed E-state index contributed by atoms with van der Waals surface area (Å²) in [6.07, 6.45) is 0. The molecule has 0 spiro atoms. The van der Waals surface area contributed by atoms with E-state index >= 15 is 0 Å². The molecule has 0 aromatic heterocycles. The monoisotopic (exact) mass is 250 g/mol. The topological polar surface area (TPSA) is 20.2 Å². The van der Waals surface area contributed by atoms with Gasteiger partial charge in [0, 0.05) is 5.56 Å². The molecule has 1 nitrogen and oxygen atoms in total. The maximum Gasteiger partial charge on any atom is 0.173 e. The average molecular weight is 251 g/mol. The van der Waals surface area contributed by atoms with Crippen molar-refractivity contribution in [1.29, 1.82) is 0 Å². The summed E-state index contributed by atoms with van der Waals surface area (Å²) in [4.78, 5) is 0. The van der Waals surface area contributed by atoms with Crippen LogP contribution in [0.4, 0.5) is 8.78 Å². The summed E-state index contributed by atoms with van der Waals surface area (Å²) in [7, 11) is 0. The highest BCUT2D eigenvalue weighted by molar-refractivity contribution is 9.10. The standard InChI is InChI=1S/C9H9BrF2O/c1-9(2,13)5-3-4-6(11)8(12)7(5)10/h3-4,13H,1-2H3. The van der Waals surface area contributed by atoms with Crippen molar-refractivity contribution in [3.8, 4) is 0 Å². The highest BCUT2D eigenvalue weighted by Crippen LogP contribution is 2.30. The van der Waals surface area contributed by atoms with E-state index in [1.807, 2.05) is 0 Å². The largest absolute Gasteiger partial charge is 0.386 e. The van der Waals surface area contributed by atoms with E-state index in [0.717, 1.165) is 6.07 Å². The van der Waals surface area contributed by atoms with Crippen molar-refractivity contribution in [2.24, 2.45) is 0 Å². The lowest BCUT2D eigenvalue weighted by Crippen LogP contribution is -2.17. The van der Waals surface area contributed by atoms with Crippen molar-refractivity contribution in [3.05, 3.63) is 33.8 Å². The van der Waals surface area contributed by atoms with Crippen LogP contribution in [0.25, 0.3) is 0 Å². The zero-order valence-corrected chi connectivity index (χ0v) is 8.82. The molecule has 0 saturated carbocycles. The summed E-state index contributed by atoms with van der Waals surface area (Å²) in [5.74, 6) is -1.90. The summed E-state index contributed by atoms with van der Waals surface area (Å²) in [6.45, 7) is 3.01. The minimum absolute atomic E-state index is 0.0278. The second-order valence-electron chi connectivity index (χ2n) is 3.28. The Kier molecular flexibility index (Phi) is 2.73. The van der Waals surface area contributed by atoms with Gasteiger partial charge in [0.2, 0.25) is 0 Å². The van der Waals surface area contributed by atoms with Crippen molar-refractivity contribution >= 4 is 15.9 Å². The van der Waals surface area contributed by atoms with Crippen molar-refractivity contribution < 1.29 is 13.9 Å². The van der Waals surface area contributed by atoms with Gasteiger partial charge in [-0.2, -0.15) is 0 Å². The van der Waals surface area contributed by atoms with Gasteiger partial charge in [-0.1, -0.05) is 6.07 Å². The molecule has 1 aromatic carbocycles. The van der Waals surface area contributed by atoms with Crippen LogP contribution in [-0.2, 0) is 5.60 Å². The van der Waals surface area contributed by atoms with Gasteiger partial charge in [0.1, 0.15) is 0 Å². The van der Waals surface area contributed by atoms with Crippen molar-refractivity contribution in [2.45, 2.75) is 19.4 Å². The molecule has 0 aliphatic rings. The minimum Gasteiger partial charge on any atom is -0.386 e. The third-order valence-corrected chi connectivity index (χ3v) is 2.47. The first-order valence-electron chi connectivity index (χ1n) is 3.70. The van der Waals surface area contributed by atoms with Gasteiger partial charge in [-0.15, -0.1) is 0 Å². The Morgan fingerprint density at radius 1 is 1.31 bits per heavy atom. The lowest BCUT2D eigenvalue weighted by atomic mass is 9.98. The van der Waals surface area contributed by atoms with Gasteiger partial charge in [0.05, 0.1) is 10.1 Å². The molecule has 0 unspecified atom stereocenters. The van der Waals surface area contributed by atoms with E-state index < -0.39 is 17.2 Å². The fourth-order valence-corrected chi connectivity index (χ4v) is 1.81. The van der Waals surface area contributed by atoms with Crippen LogP contribution in [-0.4, -0.2) is 5.11 Å². The summed E-state index contributed by atoms with van der Waals surface area (Å²) < 4.78 is 25.6. The molecule has 0 aliphatic carbocycles. The molecular formula is C9H9BrF2O. The first kappa shape index (κ1) is 10.6. The molecule has 0 radical (unpaired) electrons. The number of hydrogen-bond acceptors (Lipinski definition) is 1. The van der Waals surface area contributed by atoms with E-state index in [1.165, 1.54) is 19.9 Å². The molecule has 0 atom stereocenters. The Morgan fingerprint density at radius 2 is 1.85 bits per heavy atom. The van der Waals surface area contributed by atoms with Crippen LogP contribution < -0.4 is 0 Å². The fourth-order valence-electron chi connectivity index (χ4n) is 0.998. The van der Waals surface area contributed by atoms with Gasteiger partial charge in [0.25, 0.3) is 0 Å². The van der Waals surface area contributed by atoms with Gasteiger partial charge in [-0.3, -0.25) is 0 Å². The van der Waals surface area contributed by atoms with Crippen LogP contribution in [0.5, 0.6) is 0 Å². The SMILES string of the molecule is CC(C)(O)c1ccc(F)c(F)c1Br. The summed E-state index contributed by atoms with van der Waals surface area (Å²) in [5, 5.41) is 9.57. The molecule has 0 fully saturated rings. The van der Waals surface area contributed by atoms with Gasteiger partial charge < -0.3 is 5.11 Å². The van der Waals surface area contributed by atoms with Gasteiger partial charge in [-0.05, 0) is 35.8 Å². The highest BCUT2D eigenvalue weighted by atomic mass is 79.9. The van der Waals surface area contributed by atoms with Gasteiger partial charge in [0.15, 0.2) is 11.6 Å². The van der Waals surface area contributed by atoms with E-state index in [4.69, 9.17) is 0 Å². The van der Waals surface area contributed by atoms with Crippen LogP contribution in [0.15, 0.2) is 16.6 Å². The zero-order chi connectivity index (χ0) is 10.2. The summed E-state index contributed by atoms with van der Waals surface area (Å²) in [5.41, 5.74) is -0.862. The Balaban J connectivity index is 3.35. The Labute approximate surface area is 83.5 Å². The zero-order valence-electron chi connectivity index (χ0n) is 7.24. The predicted octanol–water partition coefficient (Wildman–Crippen LogP) is 2.95. The Bertz CT molecular complexity index is 331. The van der Waals surface area contributed by atoms with Crippen LogP contribution >= 0.6 is 15.9 Å². The van der Waals surface area contributed by atoms with Crippen LogP contribution in [0.1, 0.15) is 19.4 Å². The second kappa shape index (κ2) is 3.35. The molecule has 0 aliphatic heterocycles. The molecule has 1 rings (SSSR count). The van der Waals surface area contributed by atoms with Crippen molar-refractivity contribution in [2.75, 3.05) is 0 Å². The number of rotatable bonds is 1. The lowest BCUT2D eigenvalue weighted by molar-refractivity contribution is 0.0772. The molecule has 1 aromatic rings. The lowest BCUT2D eigenvalue weighted by Gasteiger charge is -2.19. The maximum atomic E-state index is 13.0. The third kappa shape index (κ3) is 2.06. The predicted molar refractivity (Wildman–Crippen MR) is 49.3 cm³/mol. The maximum absolute atomic E-state index is 13.0. The molecule has 1 N–H and O–H groups in total. The smallest absolute Gasteiger partial charge is 0.173 e. The molecule has 4 heteroatoms. The third-order valence-electron chi connectivity index (χ3n) is 1.69. The first-order valence-corrected chi connectivity index (χ1v) is 4.49. The summed E-state index contributed by atoms with van der Waals surface area (Å²) >= 11 is 2.89. The summed E-state index contributed by atoms with van der Waals surface area (Å²) in [6, 6.07) is 2.34. The first-order chi connectivity index (χ1) is 5.84. The van der Waals surface area contributed by atoms with Crippen molar-refractivity contribution in [3.63, 3.8) is 0 Å². The number of hydrogen-bond donors (Lipinski definition) is 1. The van der Waals surface area contributed by atoms with Crippen LogP contribution in [0.3, 0.4) is 0 Å². The van der Waals surface area contributed by atoms with Crippen molar-refractivity contribution in [1.82, 2.24) is 0 Å². The van der Waals surface area contributed by atoms with Crippen LogP contribution in [0.2, 0.25) is 0 Å². The quantitative estimate of drug-likeness (QED) is 0.761. The van der Waals surface area contributed by atoms with Crippen LogP contribution in [0, 0.1) is 11.6 Å².